The number of carbonyl (C=O) groups is 1. The van der Waals surface area contributed by atoms with E-state index in [2.05, 4.69) is 15.6 Å². The molecule has 1 aliphatic carbocycles. The van der Waals surface area contributed by atoms with Crippen molar-refractivity contribution < 1.29 is 9.53 Å². The van der Waals surface area contributed by atoms with E-state index in [-0.39, 0.29) is 23.9 Å². The van der Waals surface area contributed by atoms with E-state index in [4.69, 9.17) is 15.9 Å². The number of hydrogen-bond donors (Lipinski definition) is 4. The Morgan fingerprint density at radius 2 is 2.14 bits per heavy atom. The Bertz CT molecular complexity index is 882. The Morgan fingerprint density at radius 1 is 1.34 bits per heavy atom. The minimum Gasteiger partial charge on any atom is -0.393 e. The smallest absolute Gasteiger partial charge is 0.255 e. The molecule has 7 heteroatoms. The number of nitrogen functional groups attached to an aromatic ring is 1. The van der Waals surface area contributed by atoms with Crippen LogP contribution < -0.4 is 16.4 Å². The fourth-order valence-corrected chi connectivity index (χ4v) is 3.49. The van der Waals surface area contributed by atoms with Gasteiger partial charge in [-0.2, -0.15) is 0 Å². The average molecular weight is 393 g/mol. The van der Waals surface area contributed by atoms with Gasteiger partial charge in [0.05, 0.1) is 24.3 Å². The van der Waals surface area contributed by atoms with Gasteiger partial charge >= 0.3 is 0 Å². The highest BCUT2D eigenvalue weighted by molar-refractivity contribution is 6.09. The zero-order valence-corrected chi connectivity index (χ0v) is 16.5. The van der Waals surface area contributed by atoms with Gasteiger partial charge in [-0.15, -0.1) is 0 Å². The second-order valence-electron chi connectivity index (χ2n) is 7.04. The Balaban J connectivity index is 1.68. The van der Waals surface area contributed by atoms with Gasteiger partial charge in [-0.1, -0.05) is 30.3 Å². The van der Waals surface area contributed by atoms with Gasteiger partial charge in [-0.05, 0) is 30.9 Å². The largest absolute Gasteiger partial charge is 0.393 e. The number of carbonyl (C=O) groups excluding carboxylic acids is 1. The standard InChI is InChI=1S/C22H27N5O2/c1-25-12-17(11-23)16-10-18(21(24)26-13-16)22(28)27-19-8-5-9-20(19)29-14-15-6-3-2-4-7-15/h2-4,6-7,10-13,19-20,23,25H,5,8-9,14H2,1H3,(H2,24,26)(H,27,28)/b17-12+,23-11?/t19-,20+/m1/s1. The predicted octanol–water partition coefficient (Wildman–Crippen LogP) is 2.74. The minimum absolute atomic E-state index is 0.0298. The van der Waals surface area contributed by atoms with Crippen molar-refractivity contribution in [3.05, 3.63) is 65.5 Å². The van der Waals surface area contributed by atoms with Crippen LogP contribution in [-0.2, 0) is 11.3 Å². The first-order chi connectivity index (χ1) is 14.1. The number of pyridine rings is 1. The highest BCUT2D eigenvalue weighted by atomic mass is 16.5. The average Bonchev–Trinajstić information content (AvgIpc) is 3.18. The lowest BCUT2D eigenvalue weighted by Crippen LogP contribution is -2.41. The van der Waals surface area contributed by atoms with Crippen LogP contribution in [0.1, 0.15) is 40.7 Å². The van der Waals surface area contributed by atoms with Crippen molar-refractivity contribution in [2.24, 2.45) is 0 Å². The molecular formula is C22H27N5O2. The van der Waals surface area contributed by atoms with E-state index in [1.54, 1.807) is 25.5 Å². The second-order valence-corrected chi connectivity index (χ2v) is 7.04. The molecule has 1 fully saturated rings. The van der Waals surface area contributed by atoms with Crippen molar-refractivity contribution in [1.29, 1.82) is 5.41 Å². The molecule has 3 rings (SSSR count). The molecule has 0 spiro atoms. The lowest BCUT2D eigenvalue weighted by Gasteiger charge is -2.22. The molecule has 29 heavy (non-hydrogen) atoms. The summed E-state index contributed by atoms with van der Waals surface area (Å²) in [6.45, 7) is 0.522. The number of benzene rings is 1. The summed E-state index contributed by atoms with van der Waals surface area (Å²) < 4.78 is 6.07. The maximum atomic E-state index is 12.9. The van der Waals surface area contributed by atoms with Gasteiger partial charge in [0.1, 0.15) is 5.82 Å². The van der Waals surface area contributed by atoms with Crippen molar-refractivity contribution in [3.8, 4) is 0 Å². The van der Waals surface area contributed by atoms with Gasteiger partial charge in [0.15, 0.2) is 0 Å². The molecule has 1 aliphatic rings. The SMILES string of the molecule is CN/C=C(\C=N)c1cnc(N)c(C(=O)N[C@@H]2CCC[C@@H]2OCc2ccccc2)c1. The topological polar surface area (TPSA) is 113 Å². The molecule has 0 saturated heterocycles. The number of allylic oxidation sites excluding steroid dienone is 1. The van der Waals surface area contributed by atoms with Crippen LogP contribution in [0.2, 0.25) is 0 Å². The van der Waals surface area contributed by atoms with Gasteiger partial charge in [-0.25, -0.2) is 4.98 Å². The number of nitrogens with two attached hydrogens (primary N) is 1. The van der Waals surface area contributed by atoms with Crippen molar-refractivity contribution >= 4 is 23.5 Å². The molecule has 0 unspecified atom stereocenters. The van der Waals surface area contributed by atoms with E-state index in [1.807, 2.05) is 30.3 Å². The number of amides is 1. The summed E-state index contributed by atoms with van der Waals surface area (Å²) in [4.78, 5) is 17.0. The first-order valence-corrected chi connectivity index (χ1v) is 9.72. The zero-order chi connectivity index (χ0) is 20.6. The van der Waals surface area contributed by atoms with Crippen molar-refractivity contribution in [2.45, 2.75) is 38.0 Å². The van der Waals surface area contributed by atoms with Gasteiger partial charge in [0.2, 0.25) is 0 Å². The second kappa shape index (κ2) is 9.84. The molecule has 1 aromatic carbocycles. The normalized spacial score (nSPS) is 19.0. The molecule has 5 N–H and O–H groups in total. The van der Waals surface area contributed by atoms with Crippen LogP contribution in [0.5, 0.6) is 0 Å². The van der Waals surface area contributed by atoms with Crippen LogP contribution in [0.15, 0.2) is 48.8 Å². The van der Waals surface area contributed by atoms with Crippen LogP contribution in [0.25, 0.3) is 5.57 Å². The molecule has 0 radical (unpaired) electrons. The predicted molar refractivity (Wildman–Crippen MR) is 115 cm³/mol. The molecule has 2 aromatic rings. The quantitative estimate of drug-likeness (QED) is 0.515. The maximum absolute atomic E-state index is 12.9. The highest BCUT2D eigenvalue weighted by Gasteiger charge is 2.30. The molecule has 0 aliphatic heterocycles. The van der Waals surface area contributed by atoms with Gasteiger partial charge < -0.3 is 26.5 Å². The summed E-state index contributed by atoms with van der Waals surface area (Å²) in [5, 5.41) is 13.5. The van der Waals surface area contributed by atoms with E-state index in [1.165, 1.54) is 6.21 Å². The number of rotatable bonds is 8. The first-order valence-electron chi connectivity index (χ1n) is 9.72. The van der Waals surface area contributed by atoms with E-state index < -0.39 is 0 Å². The molecular weight excluding hydrogens is 366 g/mol. The third-order valence-electron chi connectivity index (χ3n) is 5.03. The molecule has 1 amide bonds. The summed E-state index contributed by atoms with van der Waals surface area (Å²) in [5.74, 6) is -0.106. The summed E-state index contributed by atoms with van der Waals surface area (Å²) in [7, 11) is 1.75. The fraction of sp³-hybridized carbons (Fsp3) is 0.318. The van der Waals surface area contributed by atoms with E-state index in [0.717, 1.165) is 24.8 Å². The fourth-order valence-electron chi connectivity index (χ4n) is 3.49. The van der Waals surface area contributed by atoms with Crippen LogP contribution in [0, 0.1) is 5.41 Å². The summed E-state index contributed by atoms with van der Waals surface area (Å²) in [6, 6.07) is 11.6. The first kappa shape index (κ1) is 20.5. The highest BCUT2D eigenvalue weighted by Crippen LogP contribution is 2.24. The molecule has 1 aromatic heterocycles. The number of nitrogens with zero attached hydrogens (tertiary/aromatic N) is 1. The molecule has 7 nitrogen and oxygen atoms in total. The lowest BCUT2D eigenvalue weighted by atomic mass is 10.1. The van der Waals surface area contributed by atoms with Crippen LogP contribution in [0.3, 0.4) is 0 Å². The Hall–Kier alpha value is -3.19. The molecule has 0 bridgehead atoms. The van der Waals surface area contributed by atoms with Crippen LogP contribution in [0.4, 0.5) is 5.82 Å². The van der Waals surface area contributed by atoms with Crippen LogP contribution in [-0.4, -0.2) is 36.3 Å². The monoisotopic (exact) mass is 393 g/mol. The molecule has 1 heterocycles. The Kier molecular flexibility index (Phi) is 6.97. The van der Waals surface area contributed by atoms with E-state index in [9.17, 15) is 4.79 Å². The molecule has 2 atom stereocenters. The number of aromatic nitrogens is 1. The van der Waals surface area contributed by atoms with E-state index in [0.29, 0.717) is 23.3 Å². The Labute approximate surface area is 170 Å². The number of nitrogens with one attached hydrogen (secondary N) is 3. The van der Waals surface area contributed by atoms with Gasteiger partial charge in [0.25, 0.3) is 5.91 Å². The Morgan fingerprint density at radius 3 is 2.86 bits per heavy atom. The summed E-state index contributed by atoms with van der Waals surface area (Å²) in [6.07, 6.45) is 7.18. The van der Waals surface area contributed by atoms with Crippen LogP contribution >= 0.6 is 0 Å². The lowest BCUT2D eigenvalue weighted by molar-refractivity contribution is 0.0272. The molecule has 152 valence electrons. The number of hydrogen-bond acceptors (Lipinski definition) is 6. The van der Waals surface area contributed by atoms with Crippen molar-refractivity contribution in [3.63, 3.8) is 0 Å². The maximum Gasteiger partial charge on any atom is 0.255 e. The zero-order valence-electron chi connectivity index (χ0n) is 16.5. The summed E-state index contributed by atoms with van der Waals surface area (Å²) in [5.41, 5.74) is 8.63. The van der Waals surface area contributed by atoms with E-state index >= 15 is 0 Å². The minimum atomic E-state index is -0.272. The van der Waals surface area contributed by atoms with Crippen molar-refractivity contribution in [2.75, 3.05) is 12.8 Å². The summed E-state index contributed by atoms with van der Waals surface area (Å²) >= 11 is 0. The van der Waals surface area contributed by atoms with Gasteiger partial charge in [0, 0.05) is 36.8 Å². The number of anilines is 1. The van der Waals surface area contributed by atoms with Crippen molar-refractivity contribution in [1.82, 2.24) is 15.6 Å². The van der Waals surface area contributed by atoms with Gasteiger partial charge in [-0.3, -0.25) is 4.79 Å². The molecule has 1 saturated carbocycles. The third-order valence-corrected chi connectivity index (χ3v) is 5.03. The number of ether oxygens (including phenoxy) is 1. The third kappa shape index (κ3) is 5.20.